The Hall–Kier alpha value is -2.66. The number of methoxy groups -OCH3 is 1. The minimum absolute atomic E-state index is 0.0715. The lowest BCUT2D eigenvalue weighted by Gasteiger charge is -2.37. The molecular formula is C24H22BrNO3. The lowest BCUT2D eigenvalue weighted by atomic mass is 9.72. The first-order valence-electron chi connectivity index (χ1n) is 9.63. The lowest BCUT2D eigenvalue weighted by molar-refractivity contribution is -0.136. The van der Waals surface area contributed by atoms with Crippen LogP contribution in [0.4, 0.5) is 0 Å². The number of Topliss-reactive ketones (excluding diaryl/α,β-unsaturated/α-hetero) is 1. The number of esters is 1. The second-order valence-electron chi connectivity index (χ2n) is 7.44. The standard InChI is InChI=1S/C24H22BrNO3/c1-14-21(24(28)29-2)22(17-10-6-7-11-18(17)25)23-19(26-14)12-16(13-20(23)27)15-8-4-3-5-9-15/h3-11,16,22,26H,12-13H2,1-2H3/t16-,22+/m1/s1. The number of benzene rings is 2. The van der Waals surface area contributed by atoms with Crippen LogP contribution in [0.15, 0.2) is 81.6 Å². The zero-order valence-electron chi connectivity index (χ0n) is 16.4. The molecule has 2 aromatic carbocycles. The zero-order valence-corrected chi connectivity index (χ0v) is 18.0. The summed E-state index contributed by atoms with van der Waals surface area (Å²) in [4.78, 5) is 26.1. The number of carbonyl (C=O) groups is 2. The monoisotopic (exact) mass is 451 g/mol. The topological polar surface area (TPSA) is 55.4 Å². The first kappa shape index (κ1) is 19.6. The second-order valence-corrected chi connectivity index (χ2v) is 8.30. The van der Waals surface area contributed by atoms with Crippen molar-refractivity contribution in [1.29, 1.82) is 0 Å². The Balaban J connectivity index is 1.84. The van der Waals surface area contributed by atoms with Crippen LogP contribution in [0.3, 0.4) is 0 Å². The Morgan fingerprint density at radius 3 is 2.45 bits per heavy atom. The molecule has 5 heteroatoms. The number of hydrogen-bond donors (Lipinski definition) is 1. The van der Waals surface area contributed by atoms with Crippen LogP contribution in [0, 0.1) is 0 Å². The Morgan fingerprint density at radius 1 is 1.07 bits per heavy atom. The van der Waals surface area contributed by atoms with Gasteiger partial charge < -0.3 is 10.1 Å². The molecule has 1 aliphatic carbocycles. The van der Waals surface area contributed by atoms with Gasteiger partial charge in [-0.25, -0.2) is 4.79 Å². The van der Waals surface area contributed by atoms with E-state index < -0.39 is 11.9 Å². The highest BCUT2D eigenvalue weighted by Crippen LogP contribution is 2.47. The van der Waals surface area contributed by atoms with Gasteiger partial charge in [0.05, 0.1) is 12.7 Å². The first-order chi connectivity index (χ1) is 14.0. The maximum absolute atomic E-state index is 13.4. The van der Waals surface area contributed by atoms with Gasteiger partial charge in [0.15, 0.2) is 5.78 Å². The van der Waals surface area contributed by atoms with Crippen LogP contribution in [0.2, 0.25) is 0 Å². The van der Waals surface area contributed by atoms with E-state index in [0.717, 1.165) is 33.4 Å². The normalized spacial score (nSPS) is 21.6. The SMILES string of the molecule is COC(=O)C1=C(C)NC2=C(C(=O)C[C@H](c3ccccc3)C2)[C@H]1c1ccccc1Br. The van der Waals surface area contributed by atoms with Gasteiger partial charge in [0, 0.05) is 33.8 Å². The van der Waals surface area contributed by atoms with Gasteiger partial charge in [-0.1, -0.05) is 64.5 Å². The zero-order chi connectivity index (χ0) is 20.5. The van der Waals surface area contributed by atoms with Crippen LogP contribution >= 0.6 is 15.9 Å². The van der Waals surface area contributed by atoms with Crippen LogP contribution in [0.1, 0.15) is 42.7 Å². The van der Waals surface area contributed by atoms with E-state index in [1.807, 2.05) is 49.4 Å². The van der Waals surface area contributed by atoms with Gasteiger partial charge in [0.1, 0.15) is 0 Å². The molecule has 0 radical (unpaired) electrons. The fourth-order valence-electron chi connectivity index (χ4n) is 4.40. The van der Waals surface area contributed by atoms with E-state index in [9.17, 15) is 9.59 Å². The van der Waals surface area contributed by atoms with E-state index in [4.69, 9.17) is 4.74 Å². The number of allylic oxidation sites excluding steroid dienone is 3. The molecule has 0 fully saturated rings. The third kappa shape index (κ3) is 3.55. The third-order valence-electron chi connectivity index (χ3n) is 5.72. The Bertz CT molecular complexity index is 1040. The largest absolute Gasteiger partial charge is 0.466 e. The molecule has 0 bridgehead atoms. The predicted octanol–water partition coefficient (Wildman–Crippen LogP) is 4.98. The Labute approximate surface area is 178 Å². The Kier molecular flexibility index (Phi) is 5.41. The maximum atomic E-state index is 13.4. The van der Waals surface area contributed by atoms with Crippen LogP contribution in [-0.4, -0.2) is 18.9 Å². The molecule has 4 nitrogen and oxygen atoms in total. The number of ketones is 1. The summed E-state index contributed by atoms with van der Waals surface area (Å²) in [5.74, 6) is -0.664. The van der Waals surface area contributed by atoms with Crippen molar-refractivity contribution >= 4 is 27.7 Å². The predicted molar refractivity (Wildman–Crippen MR) is 115 cm³/mol. The van der Waals surface area contributed by atoms with Gasteiger partial charge in [-0.05, 0) is 36.5 Å². The minimum Gasteiger partial charge on any atom is -0.466 e. The number of hydrogen-bond acceptors (Lipinski definition) is 4. The molecule has 0 unspecified atom stereocenters. The highest BCUT2D eigenvalue weighted by molar-refractivity contribution is 9.10. The fraction of sp³-hybridized carbons (Fsp3) is 0.250. The quantitative estimate of drug-likeness (QED) is 0.668. The number of carbonyl (C=O) groups excluding carboxylic acids is 2. The number of halogens is 1. The summed E-state index contributed by atoms with van der Waals surface area (Å²) in [5, 5.41) is 3.36. The van der Waals surface area contributed by atoms with Crippen LogP contribution in [0.5, 0.6) is 0 Å². The van der Waals surface area contributed by atoms with Gasteiger partial charge in [-0.15, -0.1) is 0 Å². The number of rotatable bonds is 3. The van der Waals surface area contributed by atoms with Crippen molar-refractivity contribution in [3.05, 3.63) is 92.7 Å². The maximum Gasteiger partial charge on any atom is 0.336 e. The number of ether oxygens (including phenoxy) is 1. The van der Waals surface area contributed by atoms with Crippen LogP contribution in [0.25, 0.3) is 0 Å². The molecule has 0 saturated carbocycles. The van der Waals surface area contributed by atoms with E-state index >= 15 is 0 Å². The minimum atomic E-state index is -0.446. The highest BCUT2D eigenvalue weighted by Gasteiger charge is 2.41. The molecule has 0 amide bonds. The molecular weight excluding hydrogens is 430 g/mol. The molecule has 29 heavy (non-hydrogen) atoms. The van der Waals surface area contributed by atoms with Gasteiger partial charge in [-0.3, -0.25) is 4.79 Å². The fourth-order valence-corrected chi connectivity index (χ4v) is 4.91. The van der Waals surface area contributed by atoms with Gasteiger partial charge >= 0.3 is 5.97 Å². The van der Waals surface area contributed by atoms with E-state index in [1.54, 1.807) is 0 Å². The lowest BCUT2D eigenvalue weighted by Crippen LogP contribution is -2.36. The summed E-state index contributed by atoms with van der Waals surface area (Å²) >= 11 is 3.61. The smallest absolute Gasteiger partial charge is 0.336 e. The molecule has 1 N–H and O–H groups in total. The van der Waals surface area contributed by atoms with Crippen molar-refractivity contribution in [2.75, 3.05) is 7.11 Å². The summed E-state index contributed by atoms with van der Waals surface area (Å²) in [5.41, 5.74) is 4.86. The molecule has 0 aromatic heterocycles. The van der Waals surface area contributed by atoms with Crippen molar-refractivity contribution in [2.45, 2.75) is 31.6 Å². The van der Waals surface area contributed by atoms with E-state index in [2.05, 4.69) is 33.4 Å². The average molecular weight is 452 g/mol. The second kappa shape index (κ2) is 7.99. The molecule has 4 rings (SSSR count). The van der Waals surface area contributed by atoms with E-state index in [0.29, 0.717) is 17.6 Å². The van der Waals surface area contributed by atoms with Gasteiger partial charge in [0.2, 0.25) is 0 Å². The van der Waals surface area contributed by atoms with E-state index in [1.165, 1.54) is 7.11 Å². The molecule has 1 heterocycles. The number of nitrogens with one attached hydrogen (secondary N) is 1. The molecule has 0 spiro atoms. The van der Waals surface area contributed by atoms with Gasteiger partial charge in [-0.2, -0.15) is 0 Å². The van der Waals surface area contributed by atoms with Crippen molar-refractivity contribution < 1.29 is 14.3 Å². The summed E-state index contributed by atoms with van der Waals surface area (Å²) in [6, 6.07) is 17.9. The summed E-state index contributed by atoms with van der Waals surface area (Å²) in [7, 11) is 1.37. The van der Waals surface area contributed by atoms with Crippen molar-refractivity contribution in [2.24, 2.45) is 0 Å². The summed E-state index contributed by atoms with van der Waals surface area (Å²) in [6.07, 6.45) is 1.16. The summed E-state index contributed by atoms with van der Waals surface area (Å²) < 4.78 is 5.94. The Morgan fingerprint density at radius 2 is 1.76 bits per heavy atom. The molecule has 2 aromatic rings. The van der Waals surface area contributed by atoms with Crippen LogP contribution in [-0.2, 0) is 14.3 Å². The molecule has 0 saturated heterocycles. The first-order valence-corrected chi connectivity index (χ1v) is 10.4. The third-order valence-corrected chi connectivity index (χ3v) is 6.44. The van der Waals surface area contributed by atoms with Crippen molar-refractivity contribution in [3.63, 3.8) is 0 Å². The summed E-state index contributed by atoms with van der Waals surface area (Å²) in [6.45, 7) is 1.87. The molecule has 2 atom stereocenters. The van der Waals surface area contributed by atoms with Crippen LogP contribution < -0.4 is 5.32 Å². The molecule has 148 valence electrons. The number of dihydropyridines is 1. The van der Waals surface area contributed by atoms with Crippen molar-refractivity contribution in [1.82, 2.24) is 5.32 Å². The highest BCUT2D eigenvalue weighted by atomic mass is 79.9. The van der Waals surface area contributed by atoms with Gasteiger partial charge in [0.25, 0.3) is 0 Å². The average Bonchev–Trinajstić information content (AvgIpc) is 2.73. The van der Waals surface area contributed by atoms with Crippen molar-refractivity contribution in [3.8, 4) is 0 Å². The van der Waals surface area contributed by atoms with E-state index in [-0.39, 0.29) is 11.7 Å². The molecule has 2 aliphatic rings. The molecule has 1 aliphatic heterocycles.